The Kier molecular flexibility index (Phi) is 2.41. The van der Waals surface area contributed by atoms with Crippen molar-refractivity contribution in [2.24, 2.45) is 0 Å². The monoisotopic (exact) mass is 233 g/mol. The van der Waals surface area contributed by atoms with E-state index in [4.69, 9.17) is 0 Å². The van der Waals surface area contributed by atoms with E-state index in [0.29, 0.717) is 0 Å². The maximum absolute atomic E-state index is 4.30. The Morgan fingerprint density at radius 2 is 1.69 bits per heavy atom. The number of pyridine rings is 1. The van der Waals surface area contributed by atoms with Gasteiger partial charge in [-0.1, -0.05) is 30.3 Å². The summed E-state index contributed by atoms with van der Waals surface area (Å²) in [6.07, 6.45) is 1.81. The van der Waals surface area contributed by atoms with Crippen LogP contribution in [0.1, 0.15) is 0 Å². The second-order valence-corrected chi connectivity index (χ2v) is 3.64. The molecule has 1 aromatic carbocycles. The second-order valence-electron chi connectivity index (χ2n) is 2.73. The van der Waals surface area contributed by atoms with Crippen molar-refractivity contribution in [2.45, 2.75) is 0 Å². The van der Waals surface area contributed by atoms with Crippen molar-refractivity contribution in [2.75, 3.05) is 0 Å². The van der Waals surface area contributed by atoms with Crippen molar-refractivity contribution in [3.63, 3.8) is 0 Å². The average Bonchev–Trinajstić information content (AvgIpc) is 2.20. The number of aromatic nitrogens is 1. The van der Waals surface area contributed by atoms with E-state index in [1.54, 1.807) is 0 Å². The van der Waals surface area contributed by atoms with E-state index >= 15 is 0 Å². The van der Waals surface area contributed by atoms with E-state index in [2.05, 4.69) is 33.0 Å². The van der Waals surface area contributed by atoms with Gasteiger partial charge in [0, 0.05) is 16.2 Å². The van der Waals surface area contributed by atoms with Gasteiger partial charge in [0.2, 0.25) is 0 Å². The molecule has 2 rings (SSSR count). The molecule has 0 saturated carbocycles. The van der Waals surface area contributed by atoms with Gasteiger partial charge in [-0.3, -0.25) is 4.98 Å². The molecule has 1 nitrogen and oxygen atoms in total. The minimum Gasteiger partial charge on any atom is -0.255 e. The van der Waals surface area contributed by atoms with Crippen LogP contribution in [0.2, 0.25) is 0 Å². The minimum absolute atomic E-state index is 1.00. The molecule has 0 N–H and O–H groups in total. The molecule has 0 radical (unpaired) electrons. The molecule has 64 valence electrons. The lowest BCUT2D eigenvalue weighted by atomic mass is 10.1. The van der Waals surface area contributed by atoms with Crippen LogP contribution in [0.4, 0.5) is 0 Å². The number of rotatable bonds is 1. The maximum atomic E-state index is 4.30. The molecule has 0 bridgehead atoms. The Morgan fingerprint density at radius 3 is 2.31 bits per heavy atom. The first-order valence-corrected chi connectivity index (χ1v) is 4.82. The van der Waals surface area contributed by atoms with Crippen molar-refractivity contribution in [3.05, 3.63) is 53.1 Å². The highest BCUT2D eigenvalue weighted by molar-refractivity contribution is 9.10. The van der Waals surface area contributed by atoms with E-state index in [-0.39, 0.29) is 0 Å². The van der Waals surface area contributed by atoms with Crippen molar-refractivity contribution in [3.8, 4) is 11.3 Å². The number of hydrogen-bond donors (Lipinski definition) is 0. The van der Waals surface area contributed by atoms with Gasteiger partial charge in [0.1, 0.15) is 0 Å². The molecule has 0 aliphatic heterocycles. The molecule has 1 aromatic heterocycles. The number of benzene rings is 1. The summed E-state index contributed by atoms with van der Waals surface area (Å²) in [7, 11) is 0. The summed E-state index contributed by atoms with van der Waals surface area (Å²) in [5, 5.41) is 0. The molecule has 0 amide bonds. The molecular weight excluding hydrogens is 226 g/mol. The summed E-state index contributed by atoms with van der Waals surface area (Å²) in [5.74, 6) is 0. The molecule has 0 aliphatic carbocycles. The number of halogens is 1. The zero-order valence-corrected chi connectivity index (χ0v) is 8.53. The third kappa shape index (κ3) is 1.95. The predicted molar refractivity (Wildman–Crippen MR) is 57.4 cm³/mol. The Morgan fingerprint density at radius 1 is 0.923 bits per heavy atom. The van der Waals surface area contributed by atoms with Crippen LogP contribution in [-0.4, -0.2) is 4.98 Å². The molecule has 0 aliphatic rings. The van der Waals surface area contributed by atoms with Crippen LogP contribution in [-0.2, 0) is 0 Å². The fraction of sp³-hybridized carbons (Fsp3) is 0. The van der Waals surface area contributed by atoms with Gasteiger partial charge in [-0.2, -0.15) is 0 Å². The molecule has 13 heavy (non-hydrogen) atoms. The lowest BCUT2D eigenvalue weighted by Crippen LogP contribution is -1.81. The van der Waals surface area contributed by atoms with Gasteiger partial charge in [-0.25, -0.2) is 0 Å². The number of nitrogens with zero attached hydrogens (tertiary/aromatic N) is 1. The van der Waals surface area contributed by atoms with Crippen LogP contribution in [0.25, 0.3) is 11.3 Å². The fourth-order valence-electron chi connectivity index (χ4n) is 1.16. The summed E-state index contributed by atoms with van der Waals surface area (Å²) < 4.78 is 1.01. The van der Waals surface area contributed by atoms with Gasteiger partial charge >= 0.3 is 0 Å². The summed E-state index contributed by atoms with van der Waals surface area (Å²) in [6, 6.07) is 14.1. The quantitative estimate of drug-likeness (QED) is 0.735. The first-order valence-electron chi connectivity index (χ1n) is 4.03. The van der Waals surface area contributed by atoms with Crippen LogP contribution in [0.15, 0.2) is 53.1 Å². The summed E-state index contributed by atoms with van der Waals surface area (Å²) >= 11 is 3.36. The molecule has 0 spiro atoms. The van der Waals surface area contributed by atoms with Gasteiger partial charge in [0.15, 0.2) is 0 Å². The SMILES string of the molecule is Brc1ccc(-c2ccccc2)nc1. The second kappa shape index (κ2) is 3.71. The van der Waals surface area contributed by atoms with Crippen molar-refractivity contribution < 1.29 is 0 Å². The molecule has 0 unspecified atom stereocenters. The minimum atomic E-state index is 1.00. The highest BCUT2D eigenvalue weighted by atomic mass is 79.9. The Labute approximate surface area is 85.6 Å². The highest BCUT2D eigenvalue weighted by Gasteiger charge is 1.96. The zero-order valence-electron chi connectivity index (χ0n) is 6.94. The third-order valence-corrected chi connectivity index (χ3v) is 2.27. The predicted octanol–water partition coefficient (Wildman–Crippen LogP) is 3.51. The lowest BCUT2D eigenvalue weighted by molar-refractivity contribution is 1.31. The smallest absolute Gasteiger partial charge is 0.0702 e. The van der Waals surface area contributed by atoms with Gasteiger partial charge in [-0.15, -0.1) is 0 Å². The van der Waals surface area contributed by atoms with Crippen LogP contribution >= 0.6 is 15.9 Å². The Hall–Kier alpha value is -1.15. The number of hydrogen-bond acceptors (Lipinski definition) is 1. The zero-order chi connectivity index (χ0) is 9.10. The van der Waals surface area contributed by atoms with Crippen LogP contribution in [0, 0.1) is 0 Å². The summed E-state index contributed by atoms with van der Waals surface area (Å²) in [6.45, 7) is 0. The van der Waals surface area contributed by atoms with Crippen LogP contribution in [0.5, 0.6) is 0 Å². The van der Waals surface area contributed by atoms with Gasteiger partial charge in [-0.05, 0) is 28.1 Å². The van der Waals surface area contributed by atoms with Gasteiger partial charge < -0.3 is 0 Å². The molecule has 0 atom stereocenters. The first kappa shape index (κ1) is 8.45. The summed E-state index contributed by atoms with van der Waals surface area (Å²) in [5.41, 5.74) is 2.15. The molecular formula is C11H8BrN. The Balaban J connectivity index is 2.42. The summed E-state index contributed by atoms with van der Waals surface area (Å²) in [4.78, 5) is 4.30. The average molecular weight is 234 g/mol. The highest BCUT2D eigenvalue weighted by Crippen LogP contribution is 2.17. The van der Waals surface area contributed by atoms with Crippen LogP contribution in [0.3, 0.4) is 0 Å². The normalized spacial score (nSPS) is 9.92. The molecule has 2 aromatic rings. The molecule has 1 heterocycles. The van der Waals surface area contributed by atoms with Crippen molar-refractivity contribution in [1.29, 1.82) is 0 Å². The maximum Gasteiger partial charge on any atom is 0.0702 e. The van der Waals surface area contributed by atoms with Gasteiger partial charge in [0.05, 0.1) is 5.69 Å². The topological polar surface area (TPSA) is 12.9 Å². The van der Waals surface area contributed by atoms with E-state index in [1.807, 2.05) is 36.5 Å². The van der Waals surface area contributed by atoms with E-state index < -0.39 is 0 Å². The molecule has 0 saturated heterocycles. The largest absolute Gasteiger partial charge is 0.255 e. The molecule has 2 heteroatoms. The van der Waals surface area contributed by atoms with Crippen molar-refractivity contribution in [1.82, 2.24) is 4.98 Å². The lowest BCUT2D eigenvalue weighted by Gasteiger charge is -1.99. The molecule has 0 fully saturated rings. The van der Waals surface area contributed by atoms with Crippen molar-refractivity contribution >= 4 is 15.9 Å². The third-order valence-electron chi connectivity index (χ3n) is 1.80. The van der Waals surface area contributed by atoms with Gasteiger partial charge in [0.25, 0.3) is 0 Å². The standard InChI is InChI=1S/C11H8BrN/c12-10-6-7-11(13-8-10)9-4-2-1-3-5-9/h1-8H. The first-order chi connectivity index (χ1) is 6.36. The Bertz CT molecular complexity index is 381. The van der Waals surface area contributed by atoms with E-state index in [9.17, 15) is 0 Å². The van der Waals surface area contributed by atoms with E-state index in [1.165, 1.54) is 0 Å². The van der Waals surface area contributed by atoms with E-state index in [0.717, 1.165) is 15.7 Å². The van der Waals surface area contributed by atoms with Crippen LogP contribution < -0.4 is 0 Å². The fourth-order valence-corrected chi connectivity index (χ4v) is 1.39.